The van der Waals surface area contributed by atoms with Crippen LogP contribution in [0.25, 0.3) is 0 Å². The van der Waals surface area contributed by atoms with Crippen LogP contribution in [0.3, 0.4) is 0 Å². The van der Waals surface area contributed by atoms with Crippen LogP contribution < -0.4 is 5.73 Å². The van der Waals surface area contributed by atoms with Crippen molar-refractivity contribution in [2.75, 3.05) is 0 Å². The molecule has 0 spiro atoms. The summed E-state index contributed by atoms with van der Waals surface area (Å²) in [7, 11) is 0. The first-order valence-electron chi connectivity index (χ1n) is 6.57. The summed E-state index contributed by atoms with van der Waals surface area (Å²) in [4.78, 5) is 10.1. The third kappa shape index (κ3) is 4.82. The SMILES string of the molecule is NC(=NN=Cc1cccc([N+](=O)[O-])c1O)SCc1ccccc1. The van der Waals surface area contributed by atoms with Crippen molar-refractivity contribution < 1.29 is 10.0 Å². The Morgan fingerprint density at radius 3 is 2.70 bits per heavy atom. The standard InChI is InChI=1S/C15H14N4O3S/c16-15(23-10-11-5-2-1-3-6-11)18-17-9-12-7-4-8-13(14(12)20)19(21)22/h1-9,20H,10H2,(H2,16,18). The summed E-state index contributed by atoms with van der Waals surface area (Å²) in [5.41, 5.74) is 6.65. The number of nitrogens with zero attached hydrogens (tertiary/aromatic N) is 3. The molecular weight excluding hydrogens is 316 g/mol. The number of aromatic hydroxyl groups is 1. The largest absolute Gasteiger partial charge is 0.502 e. The van der Waals surface area contributed by atoms with E-state index in [0.717, 1.165) is 5.56 Å². The lowest BCUT2D eigenvalue weighted by Crippen LogP contribution is -2.06. The van der Waals surface area contributed by atoms with Crippen molar-refractivity contribution in [3.63, 3.8) is 0 Å². The highest BCUT2D eigenvalue weighted by atomic mass is 32.2. The molecule has 8 heteroatoms. The Morgan fingerprint density at radius 2 is 2.00 bits per heavy atom. The summed E-state index contributed by atoms with van der Waals surface area (Å²) in [6.07, 6.45) is 1.22. The number of hydrogen-bond acceptors (Lipinski definition) is 6. The highest BCUT2D eigenvalue weighted by Gasteiger charge is 2.14. The van der Waals surface area contributed by atoms with Crippen LogP contribution in [-0.2, 0) is 5.75 Å². The Morgan fingerprint density at radius 1 is 1.26 bits per heavy atom. The number of phenolic OH excluding ortho intramolecular Hbond substituents is 1. The van der Waals surface area contributed by atoms with E-state index in [0.29, 0.717) is 5.75 Å². The lowest BCUT2D eigenvalue weighted by Gasteiger charge is -2.00. The van der Waals surface area contributed by atoms with Crippen molar-refractivity contribution in [1.29, 1.82) is 0 Å². The van der Waals surface area contributed by atoms with Crippen molar-refractivity contribution >= 4 is 28.8 Å². The van der Waals surface area contributed by atoms with Crippen molar-refractivity contribution in [1.82, 2.24) is 0 Å². The number of nitrogens with two attached hydrogens (primary N) is 1. The summed E-state index contributed by atoms with van der Waals surface area (Å²) in [5.74, 6) is 0.209. The second-order valence-corrected chi connectivity index (χ2v) is 5.42. The van der Waals surface area contributed by atoms with E-state index in [9.17, 15) is 15.2 Å². The van der Waals surface area contributed by atoms with E-state index in [1.807, 2.05) is 30.3 Å². The minimum Gasteiger partial charge on any atom is -0.502 e. The maximum absolute atomic E-state index is 10.7. The Hall–Kier alpha value is -2.87. The summed E-state index contributed by atoms with van der Waals surface area (Å²) >= 11 is 1.32. The van der Waals surface area contributed by atoms with E-state index >= 15 is 0 Å². The molecule has 0 saturated heterocycles. The fourth-order valence-electron chi connectivity index (χ4n) is 1.71. The summed E-state index contributed by atoms with van der Waals surface area (Å²) in [6, 6.07) is 13.9. The molecule has 0 unspecified atom stereocenters. The van der Waals surface area contributed by atoms with Gasteiger partial charge in [0.25, 0.3) is 0 Å². The molecule has 0 saturated carbocycles. The van der Waals surface area contributed by atoms with Crippen LogP contribution in [0.15, 0.2) is 58.7 Å². The molecule has 0 fully saturated rings. The molecule has 0 aliphatic carbocycles. The summed E-state index contributed by atoms with van der Waals surface area (Å²) in [5, 5.41) is 28.3. The van der Waals surface area contributed by atoms with E-state index in [1.54, 1.807) is 0 Å². The predicted molar refractivity (Wildman–Crippen MR) is 91.7 cm³/mol. The Balaban J connectivity index is 2.00. The molecule has 0 aliphatic heterocycles. The van der Waals surface area contributed by atoms with Crippen molar-refractivity contribution in [2.45, 2.75) is 5.75 Å². The molecule has 0 bridgehead atoms. The normalized spacial score (nSPS) is 11.7. The average Bonchev–Trinajstić information content (AvgIpc) is 2.55. The molecule has 2 aromatic rings. The zero-order valence-corrected chi connectivity index (χ0v) is 12.8. The number of nitro benzene ring substituents is 1. The highest BCUT2D eigenvalue weighted by Crippen LogP contribution is 2.27. The number of phenols is 1. The van der Waals surface area contributed by atoms with Gasteiger partial charge in [-0.1, -0.05) is 48.2 Å². The second kappa shape index (κ2) is 7.95. The van der Waals surface area contributed by atoms with E-state index in [4.69, 9.17) is 5.73 Å². The van der Waals surface area contributed by atoms with Gasteiger partial charge in [-0.15, -0.1) is 5.10 Å². The van der Waals surface area contributed by atoms with Gasteiger partial charge in [0, 0.05) is 17.4 Å². The van der Waals surface area contributed by atoms with Gasteiger partial charge in [-0.25, -0.2) is 0 Å². The van der Waals surface area contributed by atoms with Crippen molar-refractivity contribution in [2.24, 2.45) is 15.9 Å². The third-order valence-corrected chi connectivity index (χ3v) is 3.68. The Labute approximate surface area is 136 Å². The predicted octanol–water partition coefficient (Wildman–Crippen LogP) is 2.88. The summed E-state index contributed by atoms with van der Waals surface area (Å²) < 4.78 is 0. The van der Waals surface area contributed by atoms with Gasteiger partial charge in [0.15, 0.2) is 5.17 Å². The first-order chi connectivity index (χ1) is 11.1. The maximum atomic E-state index is 10.7. The lowest BCUT2D eigenvalue weighted by molar-refractivity contribution is -0.385. The molecule has 0 radical (unpaired) electrons. The smallest absolute Gasteiger partial charge is 0.311 e. The van der Waals surface area contributed by atoms with Crippen LogP contribution in [0.1, 0.15) is 11.1 Å². The number of para-hydroxylation sites is 1. The van der Waals surface area contributed by atoms with Crippen molar-refractivity contribution in [3.05, 3.63) is 69.8 Å². The molecular formula is C15H14N4O3S. The van der Waals surface area contributed by atoms with E-state index in [1.165, 1.54) is 36.2 Å². The van der Waals surface area contributed by atoms with Gasteiger partial charge in [0.2, 0.25) is 5.75 Å². The molecule has 23 heavy (non-hydrogen) atoms. The van der Waals surface area contributed by atoms with Crippen LogP contribution in [0.4, 0.5) is 5.69 Å². The zero-order valence-electron chi connectivity index (χ0n) is 12.0. The van der Waals surface area contributed by atoms with Gasteiger partial charge in [-0.05, 0) is 11.6 Å². The number of rotatable bonds is 5. The third-order valence-electron chi connectivity index (χ3n) is 2.83. The first-order valence-corrected chi connectivity index (χ1v) is 7.56. The van der Waals surface area contributed by atoms with E-state index in [2.05, 4.69) is 10.2 Å². The molecule has 2 aromatic carbocycles. The van der Waals surface area contributed by atoms with Crippen molar-refractivity contribution in [3.8, 4) is 5.75 Å². The van der Waals surface area contributed by atoms with Crippen LogP contribution in [0.2, 0.25) is 0 Å². The van der Waals surface area contributed by atoms with Crippen LogP contribution in [0, 0.1) is 10.1 Å². The van der Waals surface area contributed by atoms with E-state index < -0.39 is 10.7 Å². The maximum Gasteiger partial charge on any atom is 0.311 e. The lowest BCUT2D eigenvalue weighted by atomic mass is 10.2. The molecule has 3 N–H and O–H groups in total. The van der Waals surface area contributed by atoms with Gasteiger partial charge in [-0.2, -0.15) is 5.10 Å². The number of thioether (sulfide) groups is 1. The van der Waals surface area contributed by atoms with Crippen LogP contribution >= 0.6 is 11.8 Å². The minimum atomic E-state index is -0.667. The van der Waals surface area contributed by atoms with Gasteiger partial charge >= 0.3 is 5.69 Å². The van der Waals surface area contributed by atoms with Crippen LogP contribution in [0.5, 0.6) is 5.75 Å². The minimum absolute atomic E-state index is 0.198. The molecule has 7 nitrogen and oxygen atoms in total. The van der Waals surface area contributed by atoms with Gasteiger partial charge in [0.1, 0.15) is 0 Å². The number of hydrogen-bond donors (Lipinski definition) is 2. The zero-order chi connectivity index (χ0) is 16.7. The van der Waals surface area contributed by atoms with Gasteiger partial charge in [0.05, 0.1) is 11.1 Å². The number of amidine groups is 1. The molecule has 0 amide bonds. The number of benzene rings is 2. The summed E-state index contributed by atoms with van der Waals surface area (Å²) in [6.45, 7) is 0. The molecule has 0 atom stereocenters. The molecule has 0 aromatic heterocycles. The number of nitro groups is 1. The fourth-order valence-corrected chi connectivity index (χ4v) is 2.32. The quantitative estimate of drug-likeness (QED) is 0.378. The molecule has 118 valence electrons. The molecule has 2 rings (SSSR count). The Bertz CT molecular complexity index is 748. The topological polar surface area (TPSA) is 114 Å². The van der Waals surface area contributed by atoms with Gasteiger partial charge in [-0.3, -0.25) is 10.1 Å². The van der Waals surface area contributed by atoms with Gasteiger partial charge < -0.3 is 10.8 Å². The fraction of sp³-hybridized carbons (Fsp3) is 0.0667. The average molecular weight is 330 g/mol. The highest BCUT2D eigenvalue weighted by molar-refractivity contribution is 8.13. The molecule has 0 aliphatic rings. The first kappa shape index (κ1) is 16.5. The molecule has 0 heterocycles. The van der Waals surface area contributed by atoms with E-state index in [-0.39, 0.29) is 16.4 Å². The monoisotopic (exact) mass is 330 g/mol. The van der Waals surface area contributed by atoms with Crippen LogP contribution in [-0.4, -0.2) is 21.4 Å². The second-order valence-electron chi connectivity index (χ2n) is 4.43. The Kier molecular flexibility index (Phi) is 5.70.